The largest absolute Gasteiger partial charge is 0.505 e. The quantitative estimate of drug-likeness (QED) is 0.628. The third-order valence-corrected chi connectivity index (χ3v) is 1.17. The molecule has 2 N–H and O–H groups in total. The molecule has 0 aromatic heterocycles. The molecule has 1 aromatic rings. The summed E-state index contributed by atoms with van der Waals surface area (Å²) < 4.78 is 12.4. The van der Waals surface area contributed by atoms with Crippen molar-refractivity contribution in [2.75, 3.05) is 5.32 Å². The van der Waals surface area contributed by atoms with Crippen molar-refractivity contribution in [1.82, 2.24) is 0 Å². The minimum Gasteiger partial charge on any atom is -0.505 e. The van der Waals surface area contributed by atoms with Gasteiger partial charge in [-0.3, -0.25) is 4.79 Å². The Morgan fingerprint density at radius 2 is 2.27 bits per heavy atom. The van der Waals surface area contributed by atoms with E-state index in [-0.39, 0.29) is 0 Å². The molecular weight excluding hydrogens is 149 g/mol. The number of phenols is 1. The lowest BCUT2D eigenvalue weighted by molar-refractivity contribution is -0.105. The molecule has 4 heteroatoms. The Kier molecular flexibility index (Phi) is 2.06. The smallest absolute Gasteiger partial charge is 0.211 e. The van der Waals surface area contributed by atoms with E-state index in [4.69, 9.17) is 5.11 Å². The zero-order valence-electron chi connectivity index (χ0n) is 5.54. The number of hydrogen-bond donors (Lipinski definition) is 2. The van der Waals surface area contributed by atoms with Gasteiger partial charge in [0, 0.05) is 11.8 Å². The van der Waals surface area contributed by atoms with Crippen LogP contribution in [0.25, 0.3) is 0 Å². The van der Waals surface area contributed by atoms with Crippen molar-refractivity contribution in [3.63, 3.8) is 0 Å². The lowest BCUT2D eigenvalue weighted by Crippen LogP contribution is -1.93. The summed E-state index contributed by atoms with van der Waals surface area (Å²) in [4.78, 5) is 9.88. The molecular formula is C7H6FNO2. The Labute approximate surface area is 62.5 Å². The normalized spacial score (nSPS) is 9.18. The van der Waals surface area contributed by atoms with Gasteiger partial charge in [-0.1, -0.05) is 0 Å². The highest BCUT2D eigenvalue weighted by Gasteiger charge is 1.99. The van der Waals surface area contributed by atoms with Crippen molar-refractivity contribution in [2.45, 2.75) is 0 Å². The topological polar surface area (TPSA) is 49.3 Å². The molecule has 1 rings (SSSR count). The van der Waals surface area contributed by atoms with E-state index in [0.717, 1.165) is 12.1 Å². The van der Waals surface area contributed by atoms with Crippen LogP contribution in [0.15, 0.2) is 18.2 Å². The minimum absolute atomic E-state index is 0.360. The van der Waals surface area contributed by atoms with Gasteiger partial charge in [-0.25, -0.2) is 4.39 Å². The molecule has 0 saturated heterocycles. The van der Waals surface area contributed by atoms with E-state index in [1.165, 1.54) is 6.07 Å². The number of hydrogen-bond acceptors (Lipinski definition) is 2. The zero-order valence-corrected chi connectivity index (χ0v) is 5.54. The molecule has 11 heavy (non-hydrogen) atoms. The first-order valence-electron chi connectivity index (χ1n) is 2.93. The third-order valence-electron chi connectivity index (χ3n) is 1.17. The van der Waals surface area contributed by atoms with Crippen LogP contribution in [-0.2, 0) is 4.79 Å². The first-order chi connectivity index (χ1) is 5.24. The molecule has 0 aliphatic rings. The molecule has 0 bridgehead atoms. The minimum atomic E-state index is -0.707. The molecule has 58 valence electrons. The Morgan fingerprint density at radius 1 is 1.55 bits per heavy atom. The summed E-state index contributed by atoms with van der Waals surface area (Å²) in [6.07, 6.45) is 0.451. The summed E-state index contributed by atoms with van der Waals surface area (Å²) in [5.74, 6) is -1.18. The Balaban J connectivity index is 2.95. The van der Waals surface area contributed by atoms with E-state index in [1.807, 2.05) is 0 Å². The van der Waals surface area contributed by atoms with Crippen LogP contribution < -0.4 is 5.32 Å². The van der Waals surface area contributed by atoms with Gasteiger partial charge in [-0.05, 0) is 12.1 Å². The second-order valence-corrected chi connectivity index (χ2v) is 1.93. The standard InChI is InChI=1S/C7H6FNO2/c8-6-2-1-5(9-4-10)3-7(6)11/h1-4,11H,(H,9,10). The number of benzene rings is 1. The van der Waals surface area contributed by atoms with Crippen molar-refractivity contribution >= 4 is 12.1 Å². The Hall–Kier alpha value is -1.58. The fraction of sp³-hybridized carbons (Fsp3) is 0. The van der Waals surface area contributed by atoms with Gasteiger partial charge >= 0.3 is 0 Å². The first kappa shape index (κ1) is 7.53. The van der Waals surface area contributed by atoms with Crippen LogP contribution in [0.1, 0.15) is 0 Å². The van der Waals surface area contributed by atoms with Crippen LogP contribution in [-0.4, -0.2) is 11.5 Å². The predicted octanol–water partition coefficient (Wildman–Crippen LogP) is 1.10. The van der Waals surface area contributed by atoms with Crippen molar-refractivity contribution < 1.29 is 14.3 Å². The van der Waals surface area contributed by atoms with E-state index in [0.29, 0.717) is 12.1 Å². The maximum atomic E-state index is 12.4. The lowest BCUT2D eigenvalue weighted by Gasteiger charge is -1.98. The summed E-state index contributed by atoms with van der Waals surface area (Å²) in [6.45, 7) is 0. The summed E-state index contributed by atoms with van der Waals surface area (Å²) in [5, 5.41) is 11.1. The number of amides is 1. The average molecular weight is 155 g/mol. The van der Waals surface area contributed by atoms with Gasteiger partial charge in [0.05, 0.1) is 0 Å². The van der Waals surface area contributed by atoms with Crippen molar-refractivity contribution in [3.8, 4) is 5.75 Å². The number of carbonyl (C=O) groups is 1. The summed E-state index contributed by atoms with van der Waals surface area (Å²) in [6, 6.07) is 3.55. The SMILES string of the molecule is O=CNc1ccc(F)c(O)c1. The number of halogens is 1. The van der Waals surface area contributed by atoms with Gasteiger partial charge in [0.2, 0.25) is 6.41 Å². The van der Waals surface area contributed by atoms with Crippen molar-refractivity contribution in [1.29, 1.82) is 0 Å². The van der Waals surface area contributed by atoms with E-state index in [9.17, 15) is 9.18 Å². The van der Waals surface area contributed by atoms with Crippen LogP contribution in [0.4, 0.5) is 10.1 Å². The van der Waals surface area contributed by atoms with Crippen LogP contribution in [0.3, 0.4) is 0 Å². The fourth-order valence-electron chi connectivity index (χ4n) is 0.670. The molecule has 0 atom stereocenters. The third kappa shape index (κ3) is 1.67. The highest BCUT2D eigenvalue weighted by molar-refractivity contribution is 5.71. The van der Waals surface area contributed by atoms with Gasteiger partial charge < -0.3 is 10.4 Å². The van der Waals surface area contributed by atoms with E-state index in [1.54, 1.807) is 0 Å². The van der Waals surface area contributed by atoms with Crippen molar-refractivity contribution in [2.24, 2.45) is 0 Å². The summed E-state index contributed by atoms with van der Waals surface area (Å²) >= 11 is 0. The van der Waals surface area contributed by atoms with Gasteiger partial charge in [0.25, 0.3) is 0 Å². The van der Waals surface area contributed by atoms with Crippen LogP contribution >= 0.6 is 0 Å². The van der Waals surface area contributed by atoms with Crippen molar-refractivity contribution in [3.05, 3.63) is 24.0 Å². The molecule has 0 unspecified atom stereocenters. The summed E-state index contributed by atoms with van der Waals surface area (Å²) in [5.41, 5.74) is 0.360. The Bertz CT molecular complexity index is 275. The van der Waals surface area contributed by atoms with Gasteiger partial charge in [-0.15, -0.1) is 0 Å². The molecule has 0 heterocycles. The van der Waals surface area contributed by atoms with E-state index < -0.39 is 11.6 Å². The van der Waals surface area contributed by atoms with E-state index >= 15 is 0 Å². The van der Waals surface area contributed by atoms with Gasteiger partial charge in [0.15, 0.2) is 11.6 Å². The highest BCUT2D eigenvalue weighted by atomic mass is 19.1. The maximum Gasteiger partial charge on any atom is 0.211 e. The second-order valence-electron chi connectivity index (χ2n) is 1.93. The molecule has 0 aliphatic heterocycles. The molecule has 0 saturated carbocycles. The highest BCUT2D eigenvalue weighted by Crippen LogP contribution is 2.19. The summed E-state index contributed by atoms with van der Waals surface area (Å²) in [7, 11) is 0. The van der Waals surface area contributed by atoms with Crippen LogP contribution in [0, 0.1) is 5.82 Å². The molecule has 0 fully saturated rings. The number of anilines is 1. The number of nitrogens with one attached hydrogen (secondary N) is 1. The monoisotopic (exact) mass is 155 g/mol. The molecule has 0 aliphatic carbocycles. The van der Waals surface area contributed by atoms with Crippen LogP contribution in [0.2, 0.25) is 0 Å². The van der Waals surface area contributed by atoms with E-state index in [2.05, 4.69) is 5.32 Å². The zero-order chi connectivity index (χ0) is 8.27. The molecule has 1 aromatic carbocycles. The molecule has 0 spiro atoms. The number of rotatable bonds is 2. The first-order valence-corrected chi connectivity index (χ1v) is 2.93. The molecule has 1 amide bonds. The maximum absolute atomic E-state index is 12.4. The fourth-order valence-corrected chi connectivity index (χ4v) is 0.670. The van der Waals surface area contributed by atoms with Crippen LogP contribution in [0.5, 0.6) is 5.75 Å². The second kappa shape index (κ2) is 3.01. The van der Waals surface area contributed by atoms with Gasteiger partial charge in [-0.2, -0.15) is 0 Å². The number of phenolic OH excluding ortho intramolecular Hbond substituents is 1. The Morgan fingerprint density at radius 3 is 2.82 bits per heavy atom. The molecule has 3 nitrogen and oxygen atoms in total. The average Bonchev–Trinajstić information content (AvgIpc) is 1.98. The number of aromatic hydroxyl groups is 1. The lowest BCUT2D eigenvalue weighted by atomic mass is 10.3. The number of carbonyl (C=O) groups excluding carboxylic acids is 1. The molecule has 0 radical (unpaired) electrons. The van der Waals surface area contributed by atoms with Gasteiger partial charge in [0.1, 0.15) is 0 Å². The predicted molar refractivity (Wildman–Crippen MR) is 37.8 cm³/mol.